The number of hydrogen-bond donors (Lipinski definition) is 1. The molecule has 0 fully saturated rings. The molecule has 0 saturated carbocycles. The minimum absolute atomic E-state index is 0.0567. The fourth-order valence-electron chi connectivity index (χ4n) is 1.50. The summed E-state index contributed by atoms with van der Waals surface area (Å²) >= 11 is 0. The Morgan fingerprint density at radius 3 is 2.71 bits per heavy atom. The highest BCUT2D eigenvalue weighted by Gasteiger charge is 2.15. The van der Waals surface area contributed by atoms with Crippen LogP contribution < -0.4 is 0 Å². The molecule has 0 aliphatic rings. The molecule has 0 bridgehead atoms. The molecule has 0 radical (unpaired) electrons. The molecule has 0 saturated heterocycles. The third-order valence-electron chi connectivity index (χ3n) is 2.30. The summed E-state index contributed by atoms with van der Waals surface area (Å²) in [6.45, 7) is 4.07. The fraction of sp³-hybridized carbons (Fsp3) is 0.667. The maximum Gasteiger partial charge on any atom is 0.323 e. The van der Waals surface area contributed by atoms with Gasteiger partial charge in [0.25, 0.3) is 0 Å². The minimum atomic E-state index is -0.864. The minimum Gasteiger partial charge on any atom is -0.480 e. The van der Waals surface area contributed by atoms with Crippen molar-refractivity contribution in [3.63, 3.8) is 0 Å². The SMILES string of the molecule is CCC(CC)c1nncn1CC(=O)O. The summed E-state index contributed by atoms with van der Waals surface area (Å²) in [5.74, 6) is 0.214. The number of carboxylic acids is 1. The van der Waals surface area contributed by atoms with Gasteiger partial charge in [-0.15, -0.1) is 10.2 Å². The predicted molar refractivity (Wildman–Crippen MR) is 51.0 cm³/mol. The van der Waals surface area contributed by atoms with Crippen LogP contribution in [0.4, 0.5) is 0 Å². The lowest BCUT2D eigenvalue weighted by Crippen LogP contribution is -2.13. The van der Waals surface area contributed by atoms with Gasteiger partial charge >= 0.3 is 5.97 Å². The van der Waals surface area contributed by atoms with Gasteiger partial charge in [-0.25, -0.2) is 0 Å². The first kappa shape index (κ1) is 10.7. The molecule has 78 valence electrons. The lowest BCUT2D eigenvalue weighted by Gasteiger charge is -2.11. The molecule has 0 atom stereocenters. The number of hydrogen-bond acceptors (Lipinski definition) is 3. The van der Waals surface area contributed by atoms with Gasteiger partial charge in [-0.1, -0.05) is 13.8 Å². The molecule has 1 aromatic heterocycles. The van der Waals surface area contributed by atoms with E-state index in [4.69, 9.17) is 5.11 Å². The summed E-state index contributed by atoms with van der Waals surface area (Å²) in [5, 5.41) is 16.4. The monoisotopic (exact) mass is 197 g/mol. The summed E-state index contributed by atoms with van der Waals surface area (Å²) in [7, 11) is 0. The summed E-state index contributed by atoms with van der Waals surface area (Å²) < 4.78 is 1.60. The van der Waals surface area contributed by atoms with Gasteiger partial charge in [0.15, 0.2) is 0 Å². The second-order valence-corrected chi connectivity index (χ2v) is 3.22. The second-order valence-electron chi connectivity index (χ2n) is 3.22. The van der Waals surface area contributed by atoms with E-state index < -0.39 is 5.97 Å². The number of carboxylic acid groups (broad SMARTS) is 1. The van der Waals surface area contributed by atoms with E-state index in [0.29, 0.717) is 5.92 Å². The first-order valence-electron chi connectivity index (χ1n) is 4.78. The molecule has 1 rings (SSSR count). The number of aliphatic carboxylic acids is 1. The first-order valence-corrected chi connectivity index (χ1v) is 4.78. The van der Waals surface area contributed by atoms with Crippen molar-refractivity contribution < 1.29 is 9.90 Å². The Morgan fingerprint density at radius 2 is 2.21 bits per heavy atom. The summed E-state index contributed by atoms with van der Waals surface area (Å²) in [5.41, 5.74) is 0. The predicted octanol–water partition coefficient (Wildman–Crippen LogP) is 1.27. The summed E-state index contributed by atoms with van der Waals surface area (Å²) in [4.78, 5) is 10.5. The van der Waals surface area contributed by atoms with Gasteiger partial charge in [0.05, 0.1) is 0 Å². The zero-order chi connectivity index (χ0) is 10.6. The third kappa shape index (κ3) is 2.31. The van der Waals surface area contributed by atoms with Gasteiger partial charge in [-0.05, 0) is 12.8 Å². The van der Waals surface area contributed by atoms with Crippen LogP contribution >= 0.6 is 0 Å². The van der Waals surface area contributed by atoms with Gasteiger partial charge in [-0.2, -0.15) is 0 Å². The molecular weight excluding hydrogens is 182 g/mol. The van der Waals surface area contributed by atoms with Crippen molar-refractivity contribution in [1.29, 1.82) is 0 Å². The van der Waals surface area contributed by atoms with Gasteiger partial charge in [0.1, 0.15) is 18.7 Å². The van der Waals surface area contributed by atoms with E-state index >= 15 is 0 Å². The van der Waals surface area contributed by atoms with Crippen molar-refractivity contribution in [3.8, 4) is 0 Å². The highest BCUT2D eigenvalue weighted by atomic mass is 16.4. The molecule has 0 amide bonds. The largest absolute Gasteiger partial charge is 0.480 e. The van der Waals surface area contributed by atoms with Gasteiger partial charge in [0.2, 0.25) is 0 Å². The van der Waals surface area contributed by atoms with Crippen LogP contribution in [0.15, 0.2) is 6.33 Å². The quantitative estimate of drug-likeness (QED) is 0.771. The molecule has 0 aromatic carbocycles. The Hall–Kier alpha value is -1.39. The number of rotatable bonds is 5. The van der Waals surface area contributed by atoms with E-state index in [9.17, 15) is 4.79 Å². The Kier molecular flexibility index (Phi) is 3.62. The van der Waals surface area contributed by atoms with Crippen molar-refractivity contribution in [2.24, 2.45) is 0 Å². The Morgan fingerprint density at radius 1 is 1.57 bits per heavy atom. The molecule has 0 aliphatic heterocycles. The van der Waals surface area contributed by atoms with Crippen molar-refractivity contribution in [1.82, 2.24) is 14.8 Å². The normalized spacial score (nSPS) is 10.8. The zero-order valence-electron chi connectivity index (χ0n) is 8.47. The highest BCUT2D eigenvalue weighted by molar-refractivity contribution is 5.66. The van der Waals surface area contributed by atoms with Crippen molar-refractivity contribution in [3.05, 3.63) is 12.2 Å². The van der Waals surface area contributed by atoms with Gasteiger partial charge in [0, 0.05) is 5.92 Å². The van der Waals surface area contributed by atoms with Crippen molar-refractivity contribution in [2.75, 3.05) is 0 Å². The van der Waals surface area contributed by atoms with Crippen molar-refractivity contribution in [2.45, 2.75) is 39.2 Å². The number of aromatic nitrogens is 3. The van der Waals surface area contributed by atoms with E-state index in [-0.39, 0.29) is 6.54 Å². The molecule has 0 unspecified atom stereocenters. The lowest BCUT2D eigenvalue weighted by atomic mass is 10.0. The molecule has 5 heteroatoms. The summed E-state index contributed by atoms with van der Waals surface area (Å²) in [6, 6.07) is 0. The standard InChI is InChI=1S/C9H15N3O2/c1-3-7(4-2)9-11-10-6-12(9)5-8(13)14/h6-7H,3-5H2,1-2H3,(H,13,14). The molecule has 5 nitrogen and oxygen atoms in total. The molecule has 0 aliphatic carbocycles. The van der Waals surface area contributed by atoms with E-state index in [1.165, 1.54) is 6.33 Å². The first-order chi connectivity index (χ1) is 6.69. The molecule has 1 aromatic rings. The maximum atomic E-state index is 10.5. The van der Waals surface area contributed by atoms with Crippen LogP contribution in [-0.4, -0.2) is 25.8 Å². The number of carbonyl (C=O) groups is 1. The van der Waals surface area contributed by atoms with Crippen LogP contribution in [0.5, 0.6) is 0 Å². The Labute approximate surface area is 82.8 Å². The molecule has 0 spiro atoms. The third-order valence-corrected chi connectivity index (χ3v) is 2.30. The molecule has 14 heavy (non-hydrogen) atoms. The zero-order valence-corrected chi connectivity index (χ0v) is 8.47. The van der Waals surface area contributed by atoms with Crippen LogP contribution in [0.1, 0.15) is 38.4 Å². The van der Waals surface area contributed by atoms with E-state index in [0.717, 1.165) is 18.7 Å². The number of nitrogens with zero attached hydrogens (tertiary/aromatic N) is 3. The fourth-order valence-corrected chi connectivity index (χ4v) is 1.50. The highest BCUT2D eigenvalue weighted by Crippen LogP contribution is 2.20. The molecule has 1 N–H and O–H groups in total. The summed E-state index contributed by atoms with van der Waals surface area (Å²) in [6.07, 6.45) is 3.38. The maximum absolute atomic E-state index is 10.5. The Balaban J connectivity index is 2.85. The molecule has 1 heterocycles. The van der Waals surface area contributed by atoms with Crippen LogP contribution in [0.2, 0.25) is 0 Å². The van der Waals surface area contributed by atoms with Crippen LogP contribution in [0, 0.1) is 0 Å². The average Bonchev–Trinajstić information content (AvgIpc) is 2.55. The van der Waals surface area contributed by atoms with Crippen LogP contribution in [0.3, 0.4) is 0 Å². The average molecular weight is 197 g/mol. The van der Waals surface area contributed by atoms with Crippen LogP contribution in [0.25, 0.3) is 0 Å². The Bertz CT molecular complexity index is 305. The van der Waals surface area contributed by atoms with E-state index in [1.807, 2.05) is 0 Å². The van der Waals surface area contributed by atoms with E-state index in [2.05, 4.69) is 24.0 Å². The molecular formula is C9H15N3O2. The van der Waals surface area contributed by atoms with Gasteiger partial charge in [-0.3, -0.25) is 4.79 Å². The van der Waals surface area contributed by atoms with Crippen molar-refractivity contribution >= 4 is 5.97 Å². The smallest absolute Gasteiger partial charge is 0.323 e. The van der Waals surface area contributed by atoms with E-state index in [1.54, 1.807) is 4.57 Å². The topological polar surface area (TPSA) is 68.0 Å². The van der Waals surface area contributed by atoms with Gasteiger partial charge < -0.3 is 9.67 Å². The lowest BCUT2D eigenvalue weighted by molar-refractivity contribution is -0.137. The van der Waals surface area contributed by atoms with Crippen LogP contribution in [-0.2, 0) is 11.3 Å². The second kappa shape index (κ2) is 4.74.